The SMILES string of the molecule is c1ccc(-c2cccc3c(-c4ccc5cc(-c6c7ccccc7c(-c7cccc8ccccc78)c7ccccc67)ccc5c4)ccc(-c4ccccc4)c23)cc1. The van der Waals surface area contributed by atoms with Crippen molar-refractivity contribution in [1.29, 1.82) is 0 Å². The van der Waals surface area contributed by atoms with Crippen molar-refractivity contribution >= 4 is 53.9 Å². The van der Waals surface area contributed by atoms with E-state index >= 15 is 0 Å². The molecule has 0 N–H and O–H groups in total. The molecular weight excluding hydrogens is 673 g/mol. The first-order valence-electron chi connectivity index (χ1n) is 19.4. The minimum atomic E-state index is 1.22. The molecule has 0 saturated carbocycles. The van der Waals surface area contributed by atoms with Crippen LogP contribution >= 0.6 is 0 Å². The van der Waals surface area contributed by atoms with Gasteiger partial charge in [-0.1, -0.05) is 206 Å². The van der Waals surface area contributed by atoms with Gasteiger partial charge in [0.2, 0.25) is 0 Å². The molecule has 0 saturated heterocycles. The van der Waals surface area contributed by atoms with Crippen molar-refractivity contribution in [1.82, 2.24) is 0 Å². The molecule has 0 aromatic heterocycles. The highest BCUT2D eigenvalue weighted by atomic mass is 14.2. The van der Waals surface area contributed by atoms with Gasteiger partial charge in [0.25, 0.3) is 0 Å². The van der Waals surface area contributed by atoms with Crippen LogP contribution in [0.4, 0.5) is 0 Å². The minimum Gasteiger partial charge on any atom is -0.0622 e. The number of fused-ring (bicyclic) bond motifs is 5. The summed E-state index contributed by atoms with van der Waals surface area (Å²) >= 11 is 0. The van der Waals surface area contributed by atoms with Gasteiger partial charge < -0.3 is 0 Å². The van der Waals surface area contributed by atoms with E-state index in [1.54, 1.807) is 0 Å². The fraction of sp³-hybridized carbons (Fsp3) is 0. The van der Waals surface area contributed by atoms with Crippen molar-refractivity contribution in [3.8, 4) is 55.6 Å². The van der Waals surface area contributed by atoms with Crippen LogP contribution in [0.15, 0.2) is 218 Å². The molecular formula is C56H36. The molecule has 260 valence electrons. The van der Waals surface area contributed by atoms with E-state index in [0.717, 1.165) is 0 Å². The summed E-state index contributed by atoms with van der Waals surface area (Å²) in [7, 11) is 0. The van der Waals surface area contributed by atoms with Gasteiger partial charge in [0.05, 0.1) is 0 Å². The Balaban J connectivity index is 1.08. The summed E-state index contributed by atoms with van der Waals surface area (Å²) in [5.74, 6) is 0. The van der Waals surface area contributed by atoms with E-state index in [4.69, 9.17) is 0 Å². The summed E-state index contributed by atoms with van der Waals surface area (Å²) in [5.41, 5.74) is 12.5. The number of hydrogen-bond acceptors (Lipinski definition) is 0. The topological polar surface area (TPSA) is 0 Å². The van der Waals surface area contributed by atoms with Crippen molar-refractivity contribution in [2.75, 3.05) is 0 Å². The van der Waals surface area contributed by atoms with Gasteiger partial charge in [-0.15, -0.1) is 0 Å². The van der Waals surface area contributed by atoms with Gasteiger partial charge in [-0.05, 0) is 122 Å². The molecule has 0 heterocycles. The zero-order chi connectivity index (χ0) is 37.0. The monoisotopic (exact) mass is 708 g/mol. The van der Waals surface area contributed by atoms with Crippen LogP contribution in [0, 0.1) is 0 Å². The highest BCUT2D eigenvalue weighted by Crippen LogP contribution is 2.46. The van der Waals surface area contributed by atoms with Crippen molar-refractivity contribution in [2.24, 2.45) is 0 Å². The second-order valence-electron chi connectivity index (χ2n) is 14.8. The Morgan fingerprint density at radius 1 is 0.196 bits per heavy atom. The lowest BCUT2D eigenvalue weighted by atomic mass is 9.84. The summed E-state index contributed by atoms with van der Waals surface area (Å²) in [4.78, 5) is 0. The van der Waals surface area contributed by atoms with Crippen LogP contribution < -0.4 is 0 Å². The summed E-state index contributed by atoms with van der Waals surface area (Å²) in [6.07, 6.45) is 0. The molecule has 0 unspecified atom stereocenters. The lowest BCUT2D eigenvalue weighted by Crippen LogP contribution is -1.92. The second kappa shape index (κ2) is 13.2. The van der Waals surface area contributed by atoms with Crippen molar-refractivity contribution in [3.63, 3.8) is 0 Å². The Bertz CT molecular complexity index is 3170. The van der Waals surface area contributed by atoms with Crippen molar-refractivity contribution in [3.05, 3.63) is 218 Å². The molecule has 56 heavy (non-hydrogen) atoms. The van der Waals surface area contributed by atoms with Gasteiger partial charge in [-0.3, -0.25) is 0 Å². The predicted octanol–water partition coefficient (Wildman–Crippen LogP) is 15.8. The van der Waals surface area contributed by atoms with E-state index in [0.29, 0.717) is 0 Å². The molecule has 0 nitrogen and oxygen atoms in total. The van der Waals surface area contributed by atoms with Gasteiger partial charge in [0.15, 0.2) is 0 Å². The maximum atomic E-state index is 2.38. The van der Waals surface area contributed by atoms with Crippen LogP contribution in [0.2, 0.25) is 0 Å². The van der Waals surface area contributed by atoms with Crippen LogP contribution in [-0.2, 0) is 0 Å². The van der Waals surface area contributed by atoms with E-state index < -0.39 is 0 Å². The lowest BCUT2D eigenvalue weighted by molar-refractivity contribution is 1.61. The highest BCUT2D eigenvalue weighted by Gasteiger charge is 2.19. The van der Waals surface area contributed by atoms with Gasteiger partial charge in [0.1, 0.15) is 0 Å². The van der Waals surface area contributed by atoms with E-state index in [2.05, 4.69) is 218 Å². The van der Waals surface area contributed by atoms with Crippen LogP contribution in [0.3, 0.4) is 0 Å². The molecule has 0 atom stereocenters. The zero-order valence-electron chi connectivity index (χ0n) is 30.8. The molecule has 0 bridgehead atoms. The fourth-order valence-corrected chi connectivity index (χ4v) is 9.12. The molecule has 0 amide bonds. The van der Waals surface area contributed by atoms with Crippen LogP contribution in [0.5, 0.6) is 0 Å². The van der Waals surface area contributed by atoms with Crippen molar-refractivity contribution < 1.29 is 0 Å². The second-order valence-corrected chi connectivity index (χ2v) is 14.8. The Kier molecular flexibility index (Phi) is 7.60. The largest absolute Gasteiger partial charge is 0.0622 e. The van der Waals surface area contributed by atoms with E-state index in [1.807, 2.05) is 0 Å². The maximum absolute atomic E-state index is 2.38. The summed E-state index contributed by atoms with van der Waals surface area (Å²) in [6, 6.07) is 80.2. The molecule has 11 aromatic carbocycles. The smallest absolute Gasteiger partial charge is 0.00201 e. The van der Waals surface area contributed by atoms with E-state index in [1.165, 1.54) is 109 Å². The number of hydrogen-bond donors (Lipinski definition) is 0. The van der Waals surface area contributed by atoms with Crippen LogP contribution in [-0.4, -0.2) is 0 Å². The van der Waals surface area contributed by atoms with E-state index in [-0.39, 0.29) is 0 Å². The molecule has 0 aliphatic heterocycles. The van der Waals surface area contributed by atoms with Gasteiger partial charge in [0, 0.05) is 0 Å². The molecule has 0 heteroatoms. The highest BCUT2D eigenvalue weighted by molar-refractivity contribution is 6.24. The summed E-state index contributed by atoms with van der Waals surface area (Å²) in [6.45, 7) is 0. The quantitative estimate of drug-likeness (QED) is 0.156. The fourth-order valence-electron chi connectivity index (χ4n) is 9.12. The molecule has 0 radical (unpaired) electrons. The molecule has 0 aliphatic carbocycles. The summed E-state index contributed by atoms with van der Waals surface area (Å²) < 4.78 is 0. The molecule has 0 fully saturated rings. The van der Waals surface area contributed by atoms with Crippen LogP contribution in [0.25, 0.3) is 109 Å². The van der Waals surface area contributed by atoms with Crippen LogP contribution in [0.1, 0.15) is 0 Å². The Hall–Kier alpha value is -7.28. The predicted molar refractivity (Wildman–Crippen MR) is 241 cm³/mol. The van der Waals surface area contributed by atoms with Gasteiger partial charge >= 0.3 is 0 Å². The lowest BCUT2D eigenvalue weighted by Gasteiger charge is -2.19. The first-order valence-corrected chi connectivity index (χ1v) is 19.4. The third kappa shape index (κ3) is 5.22. The summed E-state index contributed by atoms with van der Waals surface area (Å²) in [5, 5.41) is 12.6. The first kappa shape index (κ1) is 32.2. The number of rotatable bonds is 5. The van der Waals surface area contributed by atoms with Gasteiger partial charge in [-0.25, -0.2) is 0 Å². The Labute approximate surface area is 326 Å². The number of benzene rings is 11. The van der Waals surface area contributed by atoms with Gasteiger partial charge in [-0.2, -0.15) is 0 Å². The Morgan fingerprint density at radius 2 is 0.643 bits per heavy atom. The minimum absolute atomic E-state index is 1.22. The molecule has 0 aliphatic rings. The third-order valence-corrected chi connectivity index (χ3v) is 11.6. The molecule has 0 spiro atoms. The third-order valence-electron chi connectivity index (χ3n) is 11.6. The maximum Gasteiger partial charge on any atom is -0.00201 e. The van der Waals surface area contributed by atoms with Crippen molar-refractivity contribution in [2.45, 2.75) is 0 Å². The first-order chi connectivity index (χ1) is 27.8. The molecule has 11 rings (SSSR count). The average Bonchev–Trinajstić information content (AvgIpc) is 3.27. The average molecular weight is 709 g/mol. The normalized spacial score (nSPS) is 11.6. The van der Waals surface area contributed by atoms with E-state index in [9.17, 15) is 0 Å². The standard InChI is InChI=1S/C56H36/c1-3-15-38(16-4-1)46-26-14-28-49-45(33-34-47(55(46)49)39-17-5-2-6-18-39)42-31-29-41-36-43(32-30-40(41)35-42)54-50-22-9-11-24-52(50)56(53-25-12-10-23-51(53)54)48-27-13-20-37-19-7-8-21-44(37)48/h1-36H. The Morgan fingerprint density at radius 3 is 1.30 bits per heavy atom. The zero-order valence-corrected chi connectivity index (χ0v) is 30.8. The molecule has 11 aromatic rings.